The molecule has 7 heteroatoms. The van der Waals surface area contributed by atoms with Crippen LogP contribution < -0.4 is 10.1 Å². The number of rotatable bonds is 4. The Hall–Kier alpha value is -3.32. The Balaban J connectivity index is 1.82. The molecule has 0 atom stereocenters. The van der Waals surface area contributed by atoms with E-state index in [0.717, 1.165) is 27.2 Å². The molecule has 0 saturated carbocycles. The number of hydrogen-bond acceptors (Lipinski definition) is 6. The summed E-state index contributed by atoms with van der Waals surface area (Å²) in [6.07, 6.45) is 0. The zero-order valence-electron chi connectivity index (χ0n) is 14.8. The number of carbonyl (C=O) groups is 1. The molecule has 2 aromatic carbocycles. The maximum absolute atomic E-state index is 12.9. The fourth-order valence-electron chi connectivity index (χ4n) is 2.81. The van der Waals surface area contributed by atoms with Crippen LogP contribution in [-0.4, -0.2) is 28.2 Å². The van der Waals surface area contributed by atoms with E-state index in [4.69, 9.17) is 9.72 Å². The summed E-state index contributed by atoms with van der Waals surface area (Å²) in [5.41, 5.74) is 2.86. The van der Waals surface area contributed by atoms with Crippen molar-refractivity contribution in [1.82, 2.24) is 15.2 Å². The van der Waals surface area contributed by atoms with Crippen LogP contribution in [0.15, 0.2) is 54.6 Å². The number of pyridine rings is 1. The number of anilines is 1. The normalized spacial score (nSPS) is 10.7. The zero-order valence-corrected chi connectivity index (χ0v) is 15.6. The SMILES string of the molecule is COc1cccc(-c2cc(C(=O)Nc3nnc(C)s3)c3ccccc3n2)c1. The van der Waals surface area contributed by atoms with Crippen molar-refractivity contribution in [1.29, 1.82) is 0 Å². The van der Waals surface area contributed by atoms with E-state index in [9.17, 15) is 4.79 Å². The summed E-state index contributed by atoms with van der Waals surface area (Å²) in [6.45, 7) is 1.84. The third-order valence-electron chi connectivity index (χ3n) is 4.07. The highest BCUT2D eigenvalue weighted by atomic mass is 32.1. The molecular formula is C20H16N4O2S. The quantitative estimate of drug-likeness (QED) is 0.574. The Kier molecular flexibility index (Phi) is 4.52. The van der Waals surface area contributed by atoms with Crippen LogP contribution in [0.25, 0.3) is 22.2 Å². The second kappa shape index (κ2) is 7.13. The van der Waals surface area contributed by atoms with Crippen LogP contribution in [0.2, 0.25) is 0 Å². The van der Waals surface area contributed by atoms with Crippen molar-refractivity contribution in [3.05, 3.63) is 65.2 Å². The van der Waals surface area contributed by atoms with Crippen LogP contribution in [0.5, 0.6) is 5.75 Å². The maximum atomic E-state index is 12.9. The van der Waals surface area contributed by atoms with E-state index in [-0.39, 0.29) is 5.91 Å². The first kappa shape index (κ1) is 17.1. The van der Waals surface area contributed by atoms with Crippen molar-refractivity contribution in [3.8, 4) is 17.0 Å². The molecule has 0 aliphatic heterocycles. The first-order valence-corrected chi connectivity index (χ1v) is 9.11. The van der Waals surface area contributed by atoms with E-state index in [1.165, 1.54) is 11.3 Å². The molecule has 27 heavy (non-hydrogen) atoms. The average Bonchev–Trinajstić information content (AvgIpc) is 3.11. The molecule has 2 aromatic heterocycles. The van der Waals surface area contributed by atoms with Gasteiger partial charge in [-0.15, -0.1) is 10.2 Å². The number of hydrogen-bond donors (Lipinski definition) is 1. The van der Waals surface area contributed by atoms with Crippen LogP contribution in [-0.2, 0) is 0 Å². The predicted molar refractivity (Wildman–Crippen MR) is 106 cm³/mol. The molecule has 2 heterocycles. The Morgan fingerprint density at radius 1 is 1.07 bits per heavy atom. The number of aryl methyl sites for hydroxylation is 1. The Morgan fingerprint density at radius 2 is 1.93 bits per heavy atom. The number of carbonyl (C=O) groups excluding carboxylic acids is 1. The molecule has 0 fully saturated rings. The molecule has 6 nitrogen and oxygen atoms in total. The first-order valence-electron chi connectivity index (χ1n) is 8.30. The monoisotopic (exact) mass is 376 g/mol. The Morgan fingerprint density at radius 3 is 2.70 bits per heavy atom. The molecule has 0 saturated heterocycles. The lowest BCUT2D eigenvalue weighted by atomic mass is 10.0. The smallest absolute Gasteiger partial charge is 0.258 e. The summed E-state index contributed by atoms with van der Waals surface area (Å²) in [5, 5.41) is 12.8. The fourth-order valence-corrected chi connectivity index (χ4v) is 3.39. The lowest BCUT2D eigenvalue weighted by molar-refractivity contribution is 0.102. The van der Waals surface area contributed by atoms with Gasteiger partial charge in [-0.25, -0.2) is 4.98 Å². The van der Waals surface area contributed by atoms with Gasteiger partial charge in [0, 0.05) is 10.9 Å². The molecule has 0 spiro atoms. The largest absolute Gasteiger partial charge is 0.497 e. The number of benzene rings is 2. The molecule has 1 N–H and O–H groups in total. The van der Waals surface area contributed by atoms with E-state index in [0.29, 0.717) is 16.4 Å². The molecule has 4 rings (SSSR count). The van der Waals surface area contributed by atoms with Crippen LogP contribution in [0.3, 0.4) is 0 Å². The molecule has 0 radical (unpaired) electrons. The number of aromatic nitrogens is 3. The molecule has 0 aliphatic rings. The summed E-state index contributed by atoms with van der Waals surface area (Å²) in [6, 6.07) is 17.0. The number of amides is 1. The lowest BCUT2D eigenvalue weighted by Crippen LogP contribution is -2.13. The number of methoxy groups -OCH3 is 1. The van der Waals surface area contributed by atoms with Crippen LogP contribution >= 0.6 is 11.3 Å². The number of fused-ring (bicyclic) bond motifs is 1. The summed E-state index contributed by atoms with van der Waals surface area (Å²) < 4.78 is 5.30. The van der Waals surface area contributed by atoms with Crippen LogP contribution in [0.4, 0.5) is 5.13 Å². The molecule has 0 aliphatic carbocycles. The Bertz CT molecular complexity index is 1140. The van der Waals surface area contributed by atoms with Gasteiger partial charge in [0.05, 0.1) is 23.9 Å². The second-order valence-corrected chi connectivity index (χ2v) is 7.07. The minimum atomic E-state index is -0.242. The van der Waals surface area contributed by atoms with E-state index in [1.807, 2.05) is 55.5 Å². The topological polar surface area (TPSA) is 77.0 Å². The van der Waals surface area contributed by atoms with Crippen molar-refractivity contribution in [2.45, 2.75) is 6.92 Å². The molecule has 0 bridgehead atoms. The van der Waals surface area contributed by atoms with Crippen LogP contribution in [0.1, 0.15) is 15.4 Å². The third kappa shape index (κ3) is 3.50. The van der Waals surface area contributed by atoms with Crippen molar-refractivity contribution < 1.29 is 9.53 Å². The minimum Gasteiger partial charge on any atom is -0.497 e. The number of para-hydroxylation sites is 1. The van der Waals surface area contributed by atoms with E-state index in [1.54, 1.807) is 13.2 Å². The molecular weight excluding hydrogens is 360 g/mol. The number of ether oxygens (including phenoxy) is 1. The number of nitrogens with zero attached hydrogens (tertiary/aromatic N) is 3. The molecule has 4 aromatic rings. The van der Waals surface area contributed by atoms with Crippen molar-refractivity contribution in [2.75, 3.05) is 12.4 Å². The van der Waals surface area contributed by atoms with Crippen LogP contribution in [0, 0.1) is 6.92 Å². The highest BCUT2D eigenvalue weighted by Crippen LogP contribution is 2.28. The number of nitrogens with one attached hydrogen (secondary N) is 1. The summed E-state index contributed by atoms with van der Waals surface area (Å²) in [7, 11) is 1.62. The summed E-state index contributed by atoms with van der Waals surface area (Å²) >= 11 is 1.34. The standard InChI is InChI=1S/C20H16N4O2S/c1-12-23-24-20(27-12)22-19(25)16-11-18(13-6-5-7-14(10-13)26-2)21-17-9-4-3-8-15(16)17/h3-11H,1-2H3,(H,22,24,25). The summed E-state index contributed by atoms with van der Waals surface area (Å²) in [4.78, 5) is 17.6. The highest BCUT2D eigenvalue weighted by molar-refractivity contribution is 7.15. The van der Waals surface area contributed by atoms with E-state index >= 15 is 0 Å². The van der Waals surface area contributed by atoms with E-state index < -0.39 is 0 Å². The van der Waals surface area contributed by atoms with Crippen molar-refractivity contribution in [2.24, 2.45) is 0 Å². The maximum Gasteiger partial charge on any atom is 0.258 e. The van der Waals surface area contributed by atoms with Gasteiger partial charge in [0.1, 0.15) is 10.8 Å². The zero-order chi connectivity index (χ0) is 18.8. The van der Waals surface area contributed by atoms with Crippen molar-refractivity contribution in [3.63, 3.8) is 0 Å². The van der Waals surface area contributed by atoms with E-state index in [2.05, 4.69) is 15.5 Å². The minimum absolute atomic E-state index is 0.242. The van der Waals surface area contributed by atoms with Gasteiger partial charge >= 0.3 is 0 Å². The lowest BCUT2D eigenvalue weighted by Gasteiger charge is -2.10. The van der Waals surface area contributed by atoms with Gasteiger partial charge in [0.2, 0.25) is 5.13 Å². The van der Waals surface area contributed by atoms with Gasteiger partial charge in [0.15, 0.2) is 0 Å². The van der Waals surface area contributed by atoms with Crippen molar-refractivity contribution >= 4 is 33.3 Å². The molecule has 1 amide bonds. The van der Waals surface area contributed by atoms with Gasteiger partial charge in [-0.05, 0) is 31.2 Å². The van der Waals surface area contributed by atoms with Gasteiger partial charge in [-0.2, -0.15) is 0 Å². The average molecular weight is 376 g/mol. The van der Waals surface area contributed by atoms with Gasteiger partial charge in [-0.3, -0.25) is 10.1 Å². The Labute approximate surface area is 159 Å². The fraction of sp³-hybridized carbons (Fsp3) is 0.100. The van der Waals surface area contributed by atoms with Gasteiger partial charge in [0.25, 0.3) is 5.91 Å². The molecule has 134 valence electrons. The van der Waals surface area contributed by atoms with Gasteiger partial charge < -0.3 is 4.74 Å². The second-order valence-electron chi connectivity index (χ2n) is 5.88. The highest BCUT2D eigenvalue weighted by Gasteiger charge is 2.16. The predicted octanol–water partition coefficient (Wildman–Crippen LogP) is 4.32. The first-order chi connectivity index (χ1) is 13.1. The molecule has 0 unspecified atom stereocenters. The third-order valence-corrected chi connectivity index (χ3v) is 4.83. The van der Waals surface area contributed by atoms with Gasteiger partial charge in [-0.1, -0.05) is 41.7 Å². The summed E-state index contributed by atoms with van der Waals surface area (Å²) in [5.74, 6) is 0.492.